The van der Waals surface area contributed by atoms with Crippen LogP contribution >= 0.6 is 11.8 Å². The molecule has 2 fully saturated rings. The molecule has 1 aliphatic heterocycles. The number of carbonyl (C=O) groups excluding carboxylic acids is 1. The Morgan fingerprint density at radius 1 is 1.10 bits per heavy atom. The lowest BCUT2D eigenvalue weighted by molar-refractivity contribution is 0.0749. The molecule has 0 unspecified atom stereocenters. The Kier molecular flexibility index (Phi) is 6.40. The minimum atomic E-state index is 0.0691. The number of hydrogen-bond acceptors (Lipinski definition) is 5. The summed E-state index contributed by atoms with van der Waals surface area (Å²) in [7, 11) is 0. The van der Waals surface area contributed by atoms with Crippen LogP contribution in [0, 0.1) is 6.92 Å². The van der Waals surface area contributed by atoms with Gasteiger partial charge in [0.25, 0.3) is 5.91 Å². The second-order valence-electron chi connectivity index (χ2n) is 7.89. The summed E-state index contributed by atoms with van der Waals surface area (Å²) in [6.07, 6.45) is 8.73. The van der Waals surface area contributed by atoms with Gasteiger partial charge in [-0.15, -0.1) is 11.8 Å². The Bertz CT molecular complexity index is 852. The minimum absolute atomic E-state index is 0.0691. The summed E-state index contributed by atoms with van der Waals surface area (Å²) in [5.74, 6) is 1.33. The Hall–Kier alpha value is -2.05. The first-order valence-electron chi connectivity index (χ1n) is 10.5. The maximum absolute atomic E-state index is 12.9. The molecule has 1 amide bonds. The van der Waals surface area contributed by atoms with Gasteiger partial charge < -0.3 is 9.64 Å². The molecule has 6 heteroatoms. The van der Waals surface area contributed by atoms with Crippen LogP contribution in [0.2, 0.25) is 0 Å². The van der Waals surface area contributed by atoms with Crippen molar-refractivity contribution in [1.29, 1.82) is 0 Å². The highest BCUT2D eigenvalue weighted by atomic mass is 32.2. The first-order valence-corrected chi connectivity index (χ1v) is 11.7. The molecule has 1 saturated carbocycles. The second-order valence-corrected chi connectivity index (χ2v) is 8.73. The van der Waals surface area contributed by atoms with Crippen molar-refractivity contribution in [3.05, 3.63) is 47.7 Å². The number of ether oxygens (including phenoxy) is 1. The predicted molar refractivity (Wildman–Crippen MR) is 117 cm³/mol. The molecule has 1 aromatic carbocycles. The number of aryl methyl sites for hydroxylation is 1. The zero-order chi connectivity index (χ0) is 20.2. The SMILES string of the molecule is CSc1ccc(Oc2ccc(C(=O)N3CCCN(C4CCC4)CC3)cn2)cc1C. The molecular formula is C23H29N3O2S. The number of hydrogen-bond donors (Lipinski definition) is 0. The molecule has 29 heavy (non-hydrogen) atoms. The summed E-state index contributed by atoms with van der Waals surface area (Å²) >= 11 is 1.72. The lowest BCUT2D eigenvalue weighted by atomic mass is 9.91. The van der Waals surface area contributed by atoms with Gasteiger partial charge in [-0.3, -0.25) is 9.69 Å². The van der Waals surface area contributed by atoms with Gasteiger partial charge in [0.2, 0.25) is 5.88 Å². The summed E-state index contributed by atoms with van der Waals surface area (Å²) in [5.41, 5.74) is 1.81. The molecular weight excluding hydrogens is 382 g/mol. The van der Waals surface area contributed by atoms with Crippen LogP contribution < -0.4 is 4.74 Å². The van der Waals surface area contributed by atoms with E-state index in [2.05, 4.69) is 29.1 Å². The van der Waals surface area contributed by atoms with E-state index < -0.39 is 0 Å². The van der Waals surface area contributed by atoms with Gasteiger partial charge in [0.05, 0.1) is 5.56 Å². The summed E-state index contributed by atoms with van der Waals surface area (Å²) in [4.78, 5) is 23.1. The number of carbonyl (C=O) groups is 1. The van der Waals surface area contributed by atoms with E-state index in [1.165, 1.54) is 29.7 Å². The molecule has 0 atom stereocenters. The molecule has 2 heterocycles. The van der Waals surface area contributed by atoms with Crippen LogP contribution in [0.3, 0.4) is 0 Å². The molecule has 0 bridgehead atoms. The van der Waals surface area contributed by atoms with Crippen molar-refractivity contribution in [1.82, 2.24) is 14.8 Å². The summed E-state index contributed by atoms with van der Waals surface area (Å²) < 4.78 is 5.87. The third-order valence-corrected chi connectivity index (χ3v) is 6.88. The topological polar surface area (TPSA) is 45.7 Å². The Morgan fingerprint density at radius 3 is 2.62 bits per heavy atom. The number of pyridine rings is 1. The molecule has 154 valence electrons. The minimum Gasteiger partial charge on any atom is -0.439 e. The van der Waals surface area contributed by atoms with Gasteiger partial charge in [0.1, 0.15) is 5.75 Å². The average molecular weight is 412 g/mol. The largest absolute Gasteiger partial charge is 0.439 e. The molecule has 2 aromatic rings. The van der Waals surface area contributed by atoms with Gasteiger partial charge in [-0.1, -0.05) is 6.42 Å². The highest BCUT2D eigenvalue weighted by molar-refractivity contribution is 7.98. The molecule has 5 nitrogen and oxygen atoms in total. The van der Waals surface area contributed by atoms with Crippen LogP contribution in [0.5, 0.6) is 11.6 Å². The number of aromatic nitrogens is 1. The number of thioether (sulfide) groups is 1. The smallest absolute Gasteiger partial charge is 0.255 e. The Labute approximate surface area is 177 Å². The average Bonchev–Trinajstić information content (AvgIpc) is 2.93. The Balaban J connectivity index is 1.37. The monoisotopic (exact) mass is 411 g/mol. The van der Waals surface area contributed by atoms with Gasteiger partial charge >= 0.3 is 0 Å². The van der Waals surface area contributed by atoms with Crippen molar-refractivity contribution in [2.45, 2.75) is 43.5 Å². The molecule has 1 aromatic heterocycles. The van der Waals surface area contributed by atoms with Crippen LogP contribution in [0.25, 0.3) is 0 Å². The van der Waals surface area contributed by atoms with Crippen molar-refractivity contribution < 1.29 is 9.53 Å². The van der Waals surface area contributed by atoms with Crippen molar-refractivity contribution in [3.63, 3.8) is 0 Å². The van der Waals surface area contributed by atoms with Crippen molar-refractivity contribution in [2.75, 3.05) is 32.4 Å². The number of amides is 1. The third-order valence-electron chi connectivity index (χ3n) is 5.98. The van der Waals surface area contributed by atoms with Gasteiger partial charge in [-0.2, -0.15) is 0 Å². The van der Waals surface area contributed by atoms with Gasteiger partial charge in [-0.25, -0.2) is 4.98 Å². The fourth-order valence-electron chi connectivity index (χ4n) is 4.04. The van der Waals surface area contributed by atoms with E-state index in [0.717, 1.165) is 44.4 Å². The fourth-order valence-corrected chi connectivity index (χ4v) is 4.63. The zero-order valence-corrected chi connectivity index (χ0v) is 18.1. The van der Waals surface area contributed by atoms with E-state index in [1.54, 1.807) is 24.0 Å². The summed E-state index contributed by atoms with van der Waals surface area (Å²) in [5, 5.41) is 0. The molecule has 0 radical (unpaired) electrons. The lowest BCUT2D eigenvalue weighted by Crippen LogP contribution is -2.42. The maximum atomic E-state index is 12.9. The van der Waals surface area contributed by atoms with Crippen molar-refractivity contribution in [3.8, 4) is 11.6 Å². The van der Waals surface area contributed by atoms with Gasteiger partial charge in [0, 0.05) is 49.4 Å². The number of benzene rings is 1. The number of rotatable bonds is 5. The first kappa shape index (κ1) is 20.2. The Morgan fingerprint density at radius 2 is 1.97 bits per heavy atom. The number of nitrogens with zero attached hydrogens (tertiary/aromatic N) is 3. The zero-order valence-electron chi connectivity index (χ0n) is 17.3. The van der Waals surface area contributed by atoms with Crippen LogP contribution in [0.1, 0.15) is 41.6 Å². The van der Waals surface area contributed by atoms with E-state index in [-0.39, 0.29) is 5.91 Å². The first-order chi connectivity index (χ1) is 14.1. The maximum Gasteiger partial charge on any atom is 0.255 e. The van der Waals surface area contributed by atoms with E-state index in [9.17, 15) is 4.79 Å². The highest BCUT2D eigenvalue weighted by Gasteiger charge is 2.28. The standard InChI is InChI=1S/C23H29N3O2S/c1-17-15-20(8-9-21(17)29-2)28-22-10-7-18(16-24-22)23(27)26-12-4-11-25(13-14-26)19-5-3-6-19/h7-10,15-16,19H,3-6,11-14H2,1-2H3. The summed E-state index contributed by atoms with van der Waals surface area (Å²) in [6.45, 7) is 5.78. The van der Waals surface area contributed by atoms with E-state index >= 15 is 0 Å². The van der Waals surface area contributed by atoms with Gasteiger partial charge in [-0.05, 0) is 62.3 Å². The van der Waals surface area contributed by atoms with E-state index in [4.69, 9.17) is 4.74 Å². The van der Waals surface area contributed by atoms with Crippen LogP contribution in [-0.2, 0) is 0 Å². The molecule has 0 N–H and O–H groups in total. The predicted octanol–water partition coefficient (Wildman–Crippen LogP) is 4.60. The lowest BCUT2D eigenvalue weighted by Gasteiger charge is -2.36. The van der Waals surface area contributed by atoms with Crippen LogP contribution in [-0.4, -0.2) is 59.2 Å². The molecule has 1 saturated heterocycles. The van der Waals surface area contributed by atoms with E-state index in [1.807, 2.05) is 23.1 Å². The fraction of sp³-hybridized carbons (Fsp3) is 0.478. The molecule has 0 spiro atoms. The molecule has 2 aliphatic rings. The van der Waals surface area contributed by atoms with Crippen molar-refractivity contribution >= 4 is 17.7 Å². The highest BCUT2D eigenvalue weighted by Crippen LogP contribution is 2.28. The molecule has 1 aliphatic carbocycles. The van der Waals surface area contributed by atoms with E-state index in [0.29, 0.717) is 11.4 Å². The third kappa shape index (κ3) is 4.75. The molecule has 4 rings (SSSR count). The van der Waals surface area contributed by atoms with Gasteiger partial charge in [0.15, 0.2) is 0 Å². The normalized spacial score (nSPS) is 18.2. The second kappa shape index (κ2) is 9.18. The van der Waals surface area contributed by atoms with Crippen LogP contribution in [0.4, 0.5) is 0 Å². The van der Waals surface area contributed by atoms with Crippen molar-refractivity contribution in [2.24, 2.45) is 0 Å². The quantitative estimate of drug-likeness (QED) is 0.673. The summed E-state index contributed by atoms with van der Waals surface area (Å²) in [6, 6.07) is 10.4. The van der Waals surface area contributed by atoms with Crippen LogP contribution in [0.15, 0.2) is 41.4 Å².